The fraction of sp³-hybridized carbons (Fsp3) is 0.529. The standard InChI is InChI=1S/C17H26N2O/c1-14(2)18-13-15-7-6-8-17-16(15)9-11-19(17)10-4-3-5-12-20/h6-9,11,14,18,20H,3-5,10,12-13H2,1-2H3. The van der Waals surface area contributed by atoms with Gasteiger partial charge in [-0.25, -0.2) is 0 Å². The lowest BCUT2D eigenvalue weighted by atomic mass is 10.1. The Morgan fingerprint density at radius 1 is 1.15 bits per heavy atom. The molecule has 0 spiro atoms. The third-order valence-corrected chi connectivity index (χ3v) is 3.66. The minimum atomic E-state index is 0.303. The van der Waals surface area contributed by atoms with Gasteiger partial charge in [0.1, 0.15) is 0 Å². The minimum Gasteiger partial charge on any atom is -0.396 e. The Hall–Kier alpha value is -1.32. The maximum atomic E-state index is 8.82. The van der Waals surface area contributed by atoms with Gasteiger partial charge in [-0.3, -0.25) is 0 Å². The first-order chi connectivity index (χ1) is 9.72. The zero-order valence-corrected chi connectivity index (χ0v) is 12.6. The van der Waals surface area contributed by atoms with E-state index in [1.54, 1.807) is 0 Å². The molecule has 0 saturated carbocycles. The minimum absolute atomic E-state index is 0.303. The van der Waals surface area contributed by atoms with E-state index in [1.807, 2.05) is 0 Å². The Kier molecular flexibility index (Phi) is 5.62. The summed E-state index contributed by atoms with van der Waals surface area (Å²) in [5, 5.41) is 13.7. The SMILES string of the molecule is CC(C)NCc1cccc2c1ccn2CCCCCO. The van der Waals surface area contributed by atoms with Gasteiger partial charge in [0.25, 0.3) is 0 Å². The number of nitrogens with one attached hydrogen (secondary N) is 1. The molecule has 0 aliphatic rings. The molecule has 0 bridgehead atoms. The molecule has 0 saturated heterocycles. The molecule has 3 nitrogen and oxygen atoms in total. The van der Waals surface area contributed by atoms with E-state index in [1.165, 1.54) is 16.5 Å². The van der Waals surface area contributed by atoms with Gasteiger partial charge in [-0.1, -0.05) is 26.0 Å². The van der Waals surface area contributed by atoms with Crippen LogP contribution in [0.4, 0.5) is 0 Å². The predicted octanol–water partition coefficient (Wildman–Crippen LogP) is 3.30. The highest BCUT2D eigenvalue weighted by atomic mass is 16.2. The number of rotatable bonds is 8. The quantitative estimate of drug-likeness (QED) is 0.725. The molecule has 0 fully saturated rings. The van der Waals surface area contributed by atoms with Gasteiger partial charge in [0.15, 0.2) is 0 Å². The first-order valence-corrected chi connectivity index (χ1v) is 7.63. The molecular formula is C17H26N2O. The van der Waals surface area contributed by atoms with Crippen LogP contribution in [-0.2, 0) is 13.1 Å². The fourth-order valence-corrected chi connectivity index (χ4v) is 2.52. The summed E-state index contributed by atoms with van der Waals surface area (Å²) in [5.41, 5.74) is 2.68. The number of aliphatic hydroxyl groups excluding tert-OH is 1. The molecule has 3 heteroatoms. The Bertz CT molecular complexity index is 531. The summed E-state index contributed by atoms with van der Waals surface area (Å²) >= 11 is 0. The lowest BCUT2D eigenvalue weighted by Crippen LogP contribution is -2.21. The van der Waals surface area contributed by atoms with E-state index in [2.05, 4.69) is 54.2 Å². The fourth-order valence-electron chi connectivity index (χ4n) is 2.52. The second-order valence-corrected chi connectivity index (χ2v) is 5.68. The number of aromatic nitrogens is 1. The van der Waals surface area contributed by atoms with E-state index in [0.29, 0.717) is 12.6 Å². The molecule has 2 rings (SSSR count). The summed E-state index contributed by atoms with van der Waals surface area (Å²) in [6, 6.07) is 9.27. The van der Waals surface area contributed by atoms with Crippen molar-refractivity contribution in [3.8, 4) is 0 Å². The normalized spacial score (nSPS) is 11.6. The van der Waals surface area contributed by atoms with E-state index in [4.69, 9.17) is 5.11 Å². The average Bonchev–Trinajstić information content (AvgIpc) is 2.85. The highest BCUT2D eigenvalue weighted by Gasteiger charge is 2.05. The summed E-state index contributed by atoms with van der Waals surface area (Å²) in [7, 11) is 0. The topological polar surface area (TPSA) is 37.2 Å². The number of aliphatic hydroxyl groups is 1. The van der Waals surface area contributed by atoms with Gasteiger partial charge in [0, 0.05) is 42.8 Å². The number of nitrogens with zero attached hydrogens (tertiary/aromatic N) is 1. The molecule has 0 unspecified atom stereocenters. The summed E-state index contributed by atoms with van der Waals surface area (Å²) in [5.74, 6) is 0. The number of hydrogen-bond donors (Lipinski definition) is 2. The molecule has 1 aromatic carbocycles. The van der Waals surface area contributed by atoms with Gasteiger partial charge in [-0.2, -0.15) is 0 Å². The Morgan fingerprint density at radius 3 is 2.75 bits per heavy atom. The second kappa shape index (κ2) is 7.46. The molecule has 2 N–H and O–H groups in total. The number of fused-ring (bicyclic) bond motifs is 1. The predicted molar refractivity (Wildman–Crippen MR) is 84.9 cm³/mol. The van der Waals surface area contributed by atoms with Crippen LogP contribution < -0.4 is 5.32 Å². The molecular weight excluding hydrogens is 248 g/mol. The number of aryl methyl sites for hydroxylation is 1. The first kappa shape index (κ1) is 15.1. The maximum absolute atomic E-state index is 8.82. The molecule has 1 heterocycles. The van der Waals surface area contributed by atoms with Crippen LogP contribution in [0.15, 0.2) is 30.5 Å². The van der Waals surface area contributed by atoms with E-state index in [0.717, 1.165) is 32.4 Å². The van der Waals surface area contributed by atoms with Crippen molar-refractivity contribution in [3.05, 3.63) is 36.0 Å². The van der Waals surface area contributed by atoms with Gasteiger partial charge < -0.3 is 15.0 Å². The van der Waals surface area contributed by atoms with E-state index >= 15 is 0 Å². The molecule has 110 valence electrons. The molecule has 1 aromatic heterocycles. The zero-order chi connectivity index (χ0) is 14.4. The monoisotopic (exact) mass is 274 g/mol. The molecule has 0 amide bonds. The van der Waals surface area contributed by atoms with Crippen LogP contribution >= 0.6 is 0 Å². The van der Waals surface area contributed by atoms with Crippen molar-refractivity contribution in [3.63, 3.8) is 0 Å². The van der Waals surface area contributed by atoms with Crippen LogP contribution in [0.5, 0.6) is 0 Å². The van der Waals surface area contributed by atoms with Crippen LogP contribution in [0.2, 0.25) is 0 Å². The van der Waals surface area contributed by atoms with Gasteiger partial charge in [0.2, 0.25) is 0 Å². The summed E-state index contributed by atoms with van der Waals surface area (Å²) in [4.78, 5) is 0. The Labute approximate surface area is 121 Å². The van der Waals surface area contributed by atoms with Crippen LogP contribution in [0.1, 0.15) is 38.7 Å². The maximum Gasteiger partial charge on any atom is 0.0483 e. The average molecular weight is 274 g/mol. The number of hydrogen-bond acceptors (Lipinski definition) is 2. The number of benzene rings is 1. The smallest absolute Gasteiger partial charge is 0.0483 e. The second-order valence-electron chi connectivity index (χ2n) is 5.68. The zero-order valence-electron chi connectivity index (χ0n) is 12.6. The lowest BCUT2D eigenvalue weighted by molar-refractivity contribution is 0.282. The first-order valence-electron chi connectivity index (χ1n) is 7.63. The molecule has 0 aliphatic carbocycles. The van der Waals surface area contributed by atoms with E-state index < -0.39 is 0 Å². The molecule has 0 radical (unpaired) electrons. The van der Waals surface area contributed by atoms with Gasteiger partial charge >= 0.3 is 0 Å². The molecule has 20 heavy (non-hydrogen) atoms. The third kappa shape index (κ3) is 3.84. The van der Waals surface area contributed by atoms with Crippen molar-refractivity contribution < 1.29 is 5.11 Å². The largest absolute Gasteiger partial charge is 0.396 e. The van der Waals surface area contributed by atoms with Crippen LogP contribution in [0, 0.1) is 0 Å². The highest BCUT2D eigenvalue weighted by molar-refractivity contribution is 5.83. The van der Waals surface area contributed by atoms with Crippen LogP contribution in [-0.4, -0.2) is 22.3 Å². The Balaban J connectivity index is 2.08. The summed E-state index contributed by atoms with van der Waals surface area (Å²) in [6.45, 7) is 6.60. The van der Waals surface area contributed by atoms with Gasteiger partial charge in [-0.05, 0) is 37.0 Å². The van der Waals surface area contributed by atoms with Crippen molar-refractivity contribution in [2.75, 3.05) is 6.61 Å². The van der Waals surface area contributed by atoms with Crippen LogP contribution in [0.3, 0.4) is 0 Å². The van der Waals surface area contributed by atoms with Crippen molar-refractivity contribution in [2.24, 2.45) is 0 Å². The molecule has 0 aliphatic heterocycles. The van der Waals surface area contributed by atoms with Crippen molar-refractivity contribution >= 4 is 10.9 Å². The van der Waals surface area contributed by atoms with Crippen molar-refractivity contribution in [2.45, 2.75) is 52.2 Å². The lowest BCUT2D eigenvalue weighted by Gasteiger charge is -2.10. The van der Waals surface area contributed by atoms with Crippen LogP contribution in [0.25, 0.3) is 10.9 Å². The van der Waals surface area contributed by atoms with Gasteiger partial charge in [-0.15, -0.1) is 0 Å². The van der Waals surface area contributed by atoms with Gasteiger partial charge in [0.05, 0.1) is 0 Å². The third-order valence-electron chi connectivity index (χ3n) is 3.66. The van der Waals surface area contributed by atoms with E-state index in [9.17, 15) is 0 Å². The van der Waals surface area contributed by atoms with E-state index in [-0.39, 0.29) is 0 Å². The Morgan fingerprint density at radius 2 is 2.00 bits per heavy atom. The van der Waals surface area contributed by atoms with Crippen molar-refractivity contribution in [1.82, 2.24) is 9.88 Å². The molecule has 2 aromatic rings. The molecule has 0 atom stereocenters. The summed E-state index contributed by atoms with van der Waals surface area (Å²) in [6.07, 6.45) is 5.30. The summed E-state index contributed by atoms with van der Waals surface area (Å²) < 4.78 is 2.32. The highest BCUT2D eigenvalue weighted by Crippen LogP contribution is 2.21. The van der Waals surface area contributed by atoms with Crippen molar-refractivity contribution in [1.29, 1.82) is 0 Å². The number of unbranched alkanes of at least 4 members (excludes halogenated alkanes) is 2.